The molecule has 1 N–H and O–H groups in total. The van der Waals surface area contributed by atoms with E-state index in [0.29, 0.717) is 25.3 Å². The zero-order valence-corrected chi connectivity index (χ0v) is 13.0. The van der Waals surface area contributed by atoms with Gasteiger partial charge in [0.1, 0.15) is 12.4 Å². The molecule has 1 aliphatic rings. The van der Waals surface area contributed by atoms with E-state index in [4.69, 9.17) is 9.47 Å². The van der Waals surface area contributed by atoms with E-state index in [0.717, 1.165) is 12.1 Å². The molecule has 22 heavy (non-hydrogen) atoms. The largest absolute Gasteiger partial charge is 0.497 e. The van der Waals surface area contributed by atoms with Crippen LogP contribution < -0.4 is 15.0 Å². The van der Waals surface area contributed by atoms with Gasteiger partial charge in [-0.3, -0.25) is 9.59 Å². The van der Waals surface area contributed by atoms with Crippen LogP contribution in [0.3, 0.4) is 0 Å². The van der Waals surface area contributed by atoms with E-state index in [1.54, 1.807) is 12.0 Å². The lowest BCUT2D eigenvalue weighted by atomic mass is 10.2. The van der Waals surface area contributed by atoms with E-state index in [9.17, 15) is 9.59 Å². The number of methoxy groups -OCH3 is 1. The molecule has 0 aliphatic carbocycles. The Morgan fingerprint density at radius 2 is 2.32 bits per heavy atom. The Hall–Kier alpha value is -2.08. The number of benzene rings is 1. The minimum absolute atomic E-state index is 0.0101. The van der Waals surface area contributed by atoms with Crippen LogP contribution in [0.15, 0.2) is 24.3 Å². The Morgan fingerprint density at radius 3 is 3.05 bits per heavy atom. The third-order valence-electron chi connectivity index (χ3n) is 3.50. The van der Waals surface area contributed by atoms with Gasteiger partial charge in [-0.25, -0.2) is 0 Å². The SMILES string of the molecule is CCCC(=O)NCC1CN(c2cccc(OC)c2)C(=O)CO1. The highest BCUT2D eigenvalue weighted by atomic mass is 16.5. The minimum atomic E-state index is -0.204. The first-order valence-electron chi connectivity index (χ1n) is 7.46. The summed E-state index contributed by atoms with van der Waals surface area (Å²) in [5.41, 5.74) is 0.775. The van der Waals surface area contributed by atoms with Crippen molar-refractivity contribution >= 4 is 17.5 Å². The zero-order chi connectivity index (χ0) is 15.9. The van der Waals surface area contributed by atoms with Crippen LogP contribution in [0.4, 0.5) is 5.69 Å². The first-order chi connectivity index (χ1) is 10.6. The average molecular weight is 306 g/mol. The number of carbonyl (C=O) groups is 2. The number of hydrogen-bond acceptors (Lipinski definition) is 4. The first kappa shape index (κ1) is 16.3. The van der Waals surface area contributed by atoms with Gasteiger partial charge in [0.2, 0.25) is 5.91 Å². The van der Waals surface area contributed by atoms with Gasteiger partial charge in [0.15, 0.2) is 0 Å². The summed E-state index contributed by atoms with van der Waals surface area (Å²) in [7, 11) is 1.59. The molecule has 1 saturated heterocycles. The second kappa shape index (κ2) is 7.79. The second-order valence-corrected chi connectivity index (χ2v) is 5.19. The number of morpholine rings is 1. The van der Waals surface area contributed by atoms with Crippen molar-refractivity contribution in [3.8, 4) is 5.75 Å². The van der Waals surface area contributed by atoms with E-state index in [-0.39, 0.29) is 24.5 Å². The van der Waals surface area contributed by atoms with Gasteiger partial charge in [-0.15, -0.1) is 0 Å². The number of hydrogen-bond donors (Lipinski definition) is 1. The van der Waals surface area contributed by atoms with Crippen LogP contribution in [-0.2, 0) is 14.3 Å². The van der Waals surface area contributed by atoms with Crippen LogP contribution in [0.2, 0.25) is 0 Å². The molecule has 1 aromatic rings. The van der Waals surface area contributed by atoms with Crippen molar-refractivity contribution in [1.29, 1.82) is 0 Å². The molecule has 1 fully saturated rings. The van der Waals surface area contributed by atoms with Gasteiger partial charge >= 0.3 is 0 Å². The summed E-state index contributed by atoms with van der Waals surface area (Å²) in [5, 5.41) is 2.84. The molecule has 2 amide bonds. The minimum Gasteiger partial charge on any atom is -0.497 e. The smallest absolute Gasteiger partial charge is 0.253 e. The summed E-state index contributed by atoms with van der Waals surface area (Å²) in [6.07, 6.45) is 1.11. The lowest BCUT2D eigenvalue weighted by Gasteiger charge is -2.33. The van der Waals surface area contributed by atoms with E-state index in [1.165, 1.54) is 0 Å². The molecule has 2 rings (SSSR count). The topological polar surface area (TPSA) is 67.9 Å². The lowest BCUT2D eigenvalue weighted by molar-refractivity contribution is -0.129. The van der Waals surface area contributed by atoms with Crippen LogP contribution in [-0.4, -0.2) is 44.7 Å². The van der Waals surface area contributed by atoms with Gasteiger partial charge in [0.05, 0.1) is 19.8 Å². The van der Waals surface area contributed by atoms with Crippen molar-refractivity contribution in [3.63, 3.8) is 0 Å². The molecule has 6 heteroatoms. The number of nitrogens with zero attached hydrogens (tertiary/aromatic N) is 1. The maximum atomic E-state index is 12.1. The number of nitrogens with one attached hydrogen (secondary N) is 1. The molecule has 0 radical (unpaired) electrons. The maximum Gasteiger partial charge on any atom is 0.253 e. The van der Waals surface area contributed by atoms with Crippen molar-refractivity contribution in [2.45, 2.75) is 25.9 Å². The molecule has 1 aromatic carbocycles. The summed E-state index contributed by atoms with van der Waals surface area (Å²) in [6.45, 7) is 2.80. The van der Waals surface area contributed by atoms with Crippen molar-refractivity contribution in [2.75, 3.05) is 31.7 Å². The van der Waals surface area contributed by atoms with Gasteiger partial charge in [-0.1, -0.05) is 13.0 Å². The highest BCUT2D eigenvalue weighted by Crippen LogP contribution is 2.23. The summed E-state index contributed by atoms with van der Waals surface area (Å²) in [5.74, 6) is 0.616. The highest BCUT2D eigenvalue weighted by Gasteiger charge is 2.27. The number of carbonyl (C=O) groups excluding carboxylic acids is 2. The molecule has 1 aliphatic heterocycles. The Morgan fingerprint density at radius 1 is 1.50 bits per heavy atom. The molecule has 0 aromatic heterocycles. The summed E-state index contributed by atoms with van der Waals surface area (Å²) in [4.78, 5) is 25.2. The number of amides is 2. The quantitative estimate of drug-likeness (QED) is 0.861. The molecule has 1 atom stereocenters. The number of anilines is 1. The van der Waals surface area contributed by atoms with Crippen molar-refractivity contribution in [2.24, 2.45) is 0 Å². The van der Waals surface area contributed by atoms with Crippen molar-refractivity contribution in [3.05, 3.63) is 24.3 Å². The molecular weight excluding hydrogens is 284 g/mol. The fourth-order valence-electron chi connectivity index (χ4n) is 2.32. The zero-order valence-electron chi connectivity index (χ0n) is 13.0. The number of ether oxygens (including phenoxy) is 2. The molecule has 0 bridgehead atoms. The van der Waals surface area contributed by atoms with Gasteiger partial charge in [-0.05, 0) is 18.6 Å². The van der Waals surface area contributed by atoms with Gasteiger partial charge in [0.25, 0.3) is 5.91 Å². The Balaban J connectivity index is 1.98. The molecule has 6 nitrogen and oxygen atoms in total. The van der Waals surface area contributed by atoms with Gasteiger partial charge in [0, 0.05) is 24.7 Å². The van der Waals surface area contributed by atoms with Crippen molar-refractivity contribution in [1.82, 2.24) is 5.32 Å². The monoisotopic (exact) mass is 306 g/mol. The van der Waals surface area contributed by atoms with E-state index in [1.807, 2.05) is 31.2 Å². The van der Waals surface area contributed by atoms with Crippen LogP contribution in [0.25, 0.3) is 0 Å². The fraction of sp³-hybridized carbons (Fsp3) is 0.500. The third kappa shape index (κ3) is 4.21. The Bertz CT molecular complexity index is 533. The highest BCUT2D eigenvalue weighted by molar-refractivity contribution is 5.95. The summed E-state index contributed by atoms with van der Waals surface area (Å²) < 4.78 is 10.7. The average Bonchev–Trinajstić information content (AvgIpc) is 2.54. The lowest BCUT2D eigenvalue weighted by Crippen LogP contribution is -2.50. The van der Waals surface area contributed by atoms with E-state index in [2.05, 4.69) is 5.32 Å². The van der Waals surface area contributed by atoms with E-state index >= 15 is 0 Å². The van der Waals surface area contributed by atoms with Gasteiger partial charge < -0.3 is 19.7 Å². The predicted octanol–water partition coefficient (Wildman–Crippen LogP) is 1.34. The predicted molar refractivity (Wildman–Crippen MR) is 83.0 cm³/mol. The van der Waals surface area contributed by atoms with Gasteiger partial charge in [-0.2, -0.15) is 0 Å². The molecule has 0 spiro atoms. The second-order valence-electron chi connectivity index (χ2n) is 5.19. The van der Waals surface area contributed by atoms with Crippen molar-refractivity contribution < 1.29 is 19.1 Å². The van der Waals surface area contributed by atoms with Crippen LogP contribution in [0.1, 0.15) is 19.8 Å². The third-order valence-corrected chi connectivity index (χ3v) is 3.50. The normalized spacial score (nSPS) is 18.2. The maximum absolute atomic E-state index is 12.1. The molecule has 1 unspecified atom stereocenters. The Labute approximate surface area is 130 Å². The fourth-order valence-corrected chi connectivity index (χ4v) is 2.32. The van der Waals surface area contributed by atoms with E-state index < -0.39 is 0 Å². The summed E-state index contributed by atoms with van der Waals surface area (Å²) >= 11 is 0. The summed E-state index contributed by atoms with van der Waals surface area (Å²) in [6, 6.07) is 7.35. The molecule has 0 saturated carbocycles. The van der Waals surface area contributed by atoms with Crippen LogP contribution >= 0.6 is 0 Å². The van der Waals surface area contributed by atoms with Crippen LogP contribution in [0, 0.1) is 0 Å². The molecule has 120 valence electrons. The van der Waals surface area contributed by atoms with Crippen LogP contribution in [0.5, 0.6) is 5.75 Å². The molecule has 1 heterocycles. The molecular formula is C16H22N2O4. The Kier molecular flexibility index (Phi) is 5.77. The standard InChI is InChI=1S/C16H22N2O4/c1-3-5-15(19)17-9-14-10-18(16(20)11-22-14)12-6-4-7-13(8-12)21-2/h4,6-8,14H,3,5,9-11H2,1-2H3,(H,17,19). The first-order valence-corrected chi connectivity index (χ1v) is 7.46. The number of rotatable bonds is 6.